The van der Waals surface area contributed by atoms with Crippen LogP contribution in [0.25, 0.3) is 22.4 Å². The number of nitrogens with zero attached hydrogens (tertiary/aromatic N) is 2. The average molecular weight is 583 g/mol. The standard InChI is InChI=1S/C30H35ClN4O6/c31-21-13-22-28(35-29(33-22)41-24-15-39-26-23(36)14-38-27(24)26)34-25(21)18-7-5-16(6-8-18)17-9-11-19(12-10-17)32-30(37)40-20-3-1-2-4-20/h5-8,13,17,19-20,23-24,26-27,36H,1-4,9-12,14-15H2,(H,32,37)(H,33,34,35). The second kappa shape index (κ2) is 11.4. The average Bonchev–Trinajstić information content (AvgIpc) is 3.77. The van der Waals surface area contributed by atoms with E-state index in [1.807, 2.05) is 6.07 Å². The first kappa shape index (κ1) is 26.9. The molecule has 10 nitrogen and oxygen atoms in total. The minimum absolute atomic E-state index is 0.0923. The van der Waals surface area contributed by atoms with Crippen molar-refractivity contribution in [2.75, 3.05) is 13.2 Å². The van der Waals surface area contributed by atoms with E-state index in [-0.39, 0.29) is 43.2 Å². The number of nitrogens with one attached hydrogen (secondary N) is 2. The summed E-state index contributed by atoms with van der Waals surface area (Å²) < 4.78 is 22.9. The third-order valence-corrected chi connectivity index (χ3v) is 9.22. The number of amides is 1. The highest BCUT2D eigenvalue weighted by Crippen LogP contribution is 2.36. The molecule has 2 aliphatic carbocycles. The number of benzene rings is 1. The van der Waals surface area contributed by atoms with Crippen LogP contribution in [-0.4, -0.2) is 75.9 Å². The van der Waals surface area contributed by atoms with Gasteiger partial charge in [-0.15, -0.1) is 0 Å². The normalized spacial score (nSPS) is 30.0. The van der Waals surface area contributed by atoms with Crippen LogP contribution < -0.4 is 10.1 Å². The number of carbonyl (C=O) groups excluding carboxylic acids is 1. The summed E-state index contributed by atoms with van der Waals surface area (Å²) in [7, 11) is 0. The number of rotatable bonds is 6. The zero-order chi connectivity index (χ0) is 27.9. The number of aliphatic hydroxyl groups excluding tert-OH is 1. The summed E-state index contributed by atoms with van der Waals surface area (Å²) in [6, 6.07) is 10.7. The number of imidazole rings is 1. The first-order valence-electron chi connectivity index (χ1n) is 14.7. The molecule has 218 valence electrons. The number of hydrogen-bond acceptors (Lipinski definition) is 8. The molecule has 4 fully saturated rings. The number of alkyl carbamates (subject to hydrolysis) is 1. The lowest BCUT2D eigenvalue weighted by Gasteiger charge is -2.29. The monoisotopic (exact) mass is 582 g/mol. The molecule has 2 saturated carbocycles. The topological polar surface area (TPSA) is 128 Å². The van der Waals surface area contributed by atoms with E-state index in [2.05, 4.69) is 39.6 Å². The van der Waals surface area contributed by atoms with Crippen LogP contribution in [0.5, 0.6) is 6.01 Å². The highest BCUT2D eigenvalue weighted by Gasteiger charge is 2.48. The van der Waals surface area contributed by atoms with Crippen molar-refractivity contribution in [3.05, 3.63) is 40.9 Å². The lowest BCUT2D eigenvalue weighted by atomic mass is 9.81. The minimum Gasteiger partial charge on any atom is -0.456 e. The molecule has 2 aromatic heterocycles. The van der Waals surface area contributed by atoms with Gasteiger partial charge in [-0.2, -0.15) is 4.98 Å². The van der Waals surface area contributed by atoms with Gasteiger partial charge in [0, 0.05) is 11.6 Å². The summed E-state index contributed by atoms with van der Waals surface area (Å²) in [5.74, 6) is 0.453. The van der Waals surface area contributed by atoms with Crippen molar-refractivity contribution in [2.45, 2.75) is 93.8 Å². The molecule has 2 saturated heterocycles. The fraction of sp³-hybridized carbons (Fsp3) is 0.567. The molecule has 1 amide bonds. The Kier molecular flexibility index (Phi) is 7.49. The molecular weight excluding hydrogens is 548 g/mol. The molecule has 4 unspecified atom stereocenters. The van der Waals surface area contributed by atoms with Gasteiger partial charge in [-0.1, -0.05) is 35.9 Å². The molecule has 7 rings (SSSR count). The lowest BCUT2D eigenvalue weighted by molar-refractivity contribution is 0.00706. The molecule has 4 atom stereocenters. The first-order valence-corrected chi connectivity index (χ1v) is 15.1. The third-order valence-electron chi connectivity index (χ3n) is 8.93. The van der Waals surface area contributed by atoms with Crippen molar-refractivity contribution in [3.63, 3.8) is 0 Å². The van der Waals surface area contributed by atoms with Crippen LogP contribution in [0, 0.1) is 0 Å². The van der Waals surface area contributed by atoms with Gasteiger partial charge in [-0.25, -0.2) is 9.78 Å². The Morgan fingerprint density at radius 3 is 2.54 bits per heavy atom. The molecule has 3 aromatic rings. The summed E-state index contributed by atoms with van der Waals surface area (Å²) in [6.07, 6.45) is 6.34. The van der Waals surface area contributed by atoms with Gasteiger partial charge in [0.15, 0.2) is 11.8 Å². The molecule has 0 spiro atoms. The van der Waals surface area contributed by atoms with Crippen LogP contribution in [0.1, 0.15) is 62.8 Å². The highest BCUT2D eigenvalue weighted by molar-refractivity contribution is 6.33. The quantitative estimate of drug-likeness (QED) is 0.375. The first-order chi connectivity index (χ1) is 20.0. The van der Waals surface area contributed by atoms with E-state index in [4.69, 9.17) is 35.5 Å². The van der Waals surface area contributed by atoms with Crippen LogP contribution in [0.4, 0.5) is 4.79 Å². The number of halogens is 1. The van der Waals surface area contributed by atoms with E-state index in [0.717, 1.165) is 56.9 Å². The van der Waals surface area contributed by atoms with Crippen molar-refractivity contribution < 1.29 is 28.8 Å². The van der Waals surface area contributed by atoms with Crippen LogP contribution in [0.2, 0.25) is 5.02 Å². The zero-order valence-electron chi connectivity index (χ0n) is 22.8. The molecule has 3 N–H and O–H groups in total. The molecule has 0 radical (unpaired) electrons. The van der Waals surface area contributed by atoms with E-state index in [1.54, 1.807) is 0 Å². The van der Waals surface area contributed by atoms with Gasteiger partial charge in [0.05, 0.1) is 29.4 Å². The second-order valence-corrected chi connectivity index (χ2v) is 12.1. The van der Waals surface area contributed by atoms with Gasteiger partial charge in [0.2, 0.25) is 0 Å². The van der Waals surface area contributed by atoms with Crippen LogP contribution in [-0.2, 0) is 14.2 Å². The fourth-order valence-corrected chi connectivity index (χ4v) is 6.95. The molecule has 1 aromatic carbocycles. The SMILES string of the molecule is O=C(NC1CCC(c2ccc(-c3nc4nc(OC5COC6C(O)COC56)[nH]c4cc3Cl)cc2)CC1)OC1CCCC1. The van der Waals surface area contributed by atoms with E-state index < -0.39 is 6.10 Å². The summed E-state index contributed by atoms with van der Waals surface area (Å²) >= 11 is 6.64. The number of fused-ring (bicyclic) bond motifs is 2. The van der Waals surface area contributed by atoms with Gasteiger partial charge in [-0.3, -0.25) is 0 Å². The Bertz CT molecular complexity index is 1390. The van der Waals surface area contributed by atoms with Crippen LogP contribution in [0.15, 0.2) is 30.3 Å². The minimum atomic E-state index is -0.637. The number of carbonyl (C=O) groups is 1. The second-order valence-electron chi connectivity index (χ2n) is 11.7. The van der Waals surface area contributed by atoms with E-state index in [0.29, 0.717) is 40.4 Å². The predicted octanol–water partition coefficient (Wildman–Crippen LogP) is 4.88. The van der Waals surface area contributed by atoms with Gasteiger partial charge in [0.25, 0.3) is 6.01 Å². The maximum atomic E-state index is 12.2. The number of ether oxygens (including phenoxy) is 4. The maximum Gasteiger partial charge on any atom is 0.407 e. The smallest absolute Gasteiger partial charge is 0.407 e. The molecule has 4 aliphatic rings. The van der Waals surface area contributed by atoms with Crippen molar-refractivity contribution in [2.24, 2.45) is 0 Å². The highest BCUT2D eigenvalue weighted by atomic mass is 35.5. The molecule has 4 heterocycles. The third kappa shape index (κ3) is 5.62. The molecule has 11 heteroatoms. The Hall–Kier alpha value is -2.92. The van der Waals surface area contributed by atoms with Crippen molar-refractivity contribution in [1.29, 1.82) is 0 Å². The van der Waals surface area contributed by atoms with Gasteiger partial charge in [-0.05, 0) is 68.9 Å². The number of H-pyrrole nitrogens is 1. The largest absolute Gasteiger partial charge is 0.456 e. The molecule has 0 bridgehead atoms. The number of hydrogen-bond donors (Lipinski definition) is 3. The van der Waals surface area contributed by atoms with Crippen molar-refractivity contribution >= 4 is 28.9 Å². The summed E-state index contributed by atoms with van der Waals surface area (Å²) in [4.78, 5) is 24.6. The van der Waals surface area contributed by atoms with Gasteiger partial charge in [0.1, 0.15) is 24.4 Å². The number of pyridine rings is 1. The predicted molar refractivity (Wildman–Crippen MR) is 151 cm³/mol. The Labute approximate surface area is 243 Å². The maximum absolute atomic E-state index is 12.2. The summed E-state index contributed by atoms with van der Waals surface area (Å²) in [6.45, 7) is 0.560. The Balaban J connectivity index is 0.971. The van der Waals surface area contributed by atoms with Crippen LogP contribution >= 0.6 is 11.6 Å². The molecule has 41 heavy (non-hydrogen) atoms. The lowest BCUT2D eigenvalue weighted by Crippen LogP contribution is -2.38. The zero-order valence-corrected chi connectivity index (χ0v) is 23.5. The number of aliphatic hydroxyl groups is 1. The summed E-state index contributed by atoms with van der Waals surface area (Å²) in [5.41, 5.74) is 4.03. The van der Waals surface area contributed by atoms with Crippen molar-refractivity contribution in [1.82, 2.24) is 20.3 Å². The van der Waals surface area contributed by atoms with Crippen LogP contribution in [0.3, 0.4) is 0 Å². The Morgan fingerprint density at radius 2 is 1.76 bits per heavy atom. The summed E-state index contributed by atoms with van der Waals surface area (Å²) in [5, 5.41) is 13.6. The van der Waals surface area contributed by atoms with E-state index in [9.17, 15) is 9.90 Å². The fourth-order valence-electron chi connectivity index (χ4n) is 6.68. The van der Waals surface area contributed by atoms with Crippen molar-refractivity contribution in [3.8, 4) is 17.3 Å². The number of aromatic nitrogens is 3. The Morgan fingerprint density at radius 1 is 1.00 bits per heavy atom. The van der Waals surface area contributed by atoms with Gasteiger partial charge >= 0.3 is 6.09 Å². The molecular formula is C30H35ClN4O6. The number of aromatic amines is 1. The molecule has 2 aliphatic heterocycles. The van der Waals surface area contributed by atoms with E-state index >= 15 is 0 Å². The van der Waals surface area contributed by atoms with Gasteiger partial charge < -0.3 is 34.4 Å². The van der Waals surface area contributed by atoms with E-state index in [1.165, 1.54) is 5.56 Å².